The molecule has 20 heavy (non-hydrogen) atoms. The number of para-hydroxylation sites is 1. The highest BCUT2D eigenvalue weighted by atomic mass is 35.5. The van der Waals surface area contributed by atoms with E-state index >= 15 is 0 Å². The van der Waals surface area contributed by atoms with Crippen LogP contribution in [0.1, 0.15) is 16.5 Å². The number of nitrogens with one attached hydrogen (secondary N) is 1. The number of nitrogens with two attached hydrogens (primary N) is 1. The van der Waals surface area contributed by atoms with Crippen molar-refractivity contribution in [1.82, 2.24) is 5.43 Å². The zero-order valence-electron chi connectivity index (χ0n) is 9.95. The monoisotopic (exact) mass is 322 g/mol. The molecule has 3 N–H and O–H groups in total. The third-order valence-electron chi connectivity index (χ3n) is 2.53. The molecule has 2 rings (SSSR count). The molecule has 1 heterocycles. The van der Waals surface area contributed by atoms with Crippen LogP contribution in [0.5, 0.6) is 5.75 Å². The van der Waals surface area contributed by atoms with Gasteiger partial charge in [0, 0.05) is 10.4 Å². The summed E-state index contributed by atoms with van der Waals surface area (Å²) in [6, 6.07) is 6.76. The molecule has 1 aromatic heterocycles. The Morgan fingerprint density at radius 3 is 2.50 bits per heavy atom. The van der Waals surface area contributed by atoms with Gasteiger partial charge >= 0.3 is 6.36 Å². The van der Waals surface area contributed by atoms with Gasteiger partial charge in [0.1, 0.15) is 5.75 Å². The minimum Gasteiger partial charge on any atom is -0.405 e. The first kappa shape index (κ1) is 15.1. The average Bonchev–Trinajstić information content (AvgIpc) is 2.77. The summed E-state index contributed by atoms with van der Waals surface area (Å²) < 4.78 is 41.3. The third kappa shape index (κ3) is 3.43. The van der Waals surface area contributed by atoms with Gasteiger partial charge in [0.25, 0.3) is 0 Å². The summed E-state index contributed by atoms with van der Waals surface area (Å²) in [7, 11) is 0. The lowest BCUT2D eigenvalue weighted by molar-refractivity contribution is -0.275. The van der Waals surface area contributed by atoms with Crippen LogP contribution in [0.4, 0.5) is 13.2 Å². The number of hydrazine groups is 1. The molecular formula is C12H10ClF3N2OS. The first-order valence-electron chi connectivity index (χ1n) is 5.46. The molecule has 108 valence electrons. The van der Waals surface area contributed by atoms with Crippen molar-refractivity contribution in [3.8, 4) is 5.75 Å². The van der Waals surface area contributed by atoms with Crippen molar-refractivity contribution in [2.24, 2.45) is 5.84 Å². The predicted molar refractivity (Wildman–Crippen MR) is 71.6 cm³/mol. The number of benzene rings is 1. The largest absolute Gasteiger partial charge is 0.573 e. The van der Waals surface area contributed by atoms with Crippen LogP contribution in [0.25, 0.3) is 0 Å². The number of halogens is 4. The number of rotatable bonds is 4. The van der Waals surface area contributed by atoms with Crippen molar-refractivity contribution in [1.29, 1.82) is 0 Å². The van der Waals surface area contributed by atoms with E-state index in [-0.39, 0.29) is 11.3 Å². The Morgan fingerprint density at radius 1 is 1.25 bits per heavy atom. The highest BCUT2D eigenvalue weighted by Gasteiger charge is 2.33. The maximum atomic E-state index is 12.4. The highest BCUT2D eigenvalue weighted by Crippen LogP contribution is 2.37. The van der Waals surface area contributed by atoms with Crippen molar-refractivity contribution in [2.75, 3.05) is 0 Å². The summed E-state index contributed by atoms with van der Waals surface area (Å²) in [6.45, 7) is 0. The number of hydrogen-bond donors (Lipinski definition) is 2. The predicted octanol–water partition coefficient (Wildman–Crippen LogP) is 3.85. The molecule has 8 heteroatoms. The number of hydrogen-bond acceptors (Lipinski definition) is 4. The van der Waals surface area contributed by atoms with E-state index in [9.17, 15) is 13.2 Å². The Kier molecular flexibility index (Phi) is 4.54. The van der Waals surface area contributed by atoms with E-state index in [4.69, 9.17) is 17.4 Å². The van der Waals surface area contributed by atoms with E-state index < -0.39 is 12.4 Å². The number of thiophene rings is 1. The van der Waals surface area contributed by atoms with Crippen LogP contribution < -0.4 is 16.0 Å². The third-order valence-corrected chi connectivity index (χ3v) is 3.95. The van der Waals surface area contributed by atoms with Crippen LogP contribution in [0.3, 0.4) is 0 Å². The lowest BCUT2D eigenvalue weighted by Crippen LogP contribution is -2.29. The molecule has 0 saturated heterocycles. The molecule has 0 spiro atoms. The first-order valence-corrected chi connectivity index (χ1v) is 6.72. The second-order valence-corrected chi connectivity index (χ2v) is 5.17. The number of alkyl halides is 3. The van der Waals surface area contributed by atoms with E-state index in [0.29, 0.717) is 9.90 Å². The van der Waals surface area contributed by atoms with E-state index in [1.807, 2.05) is 0 Å². The van der Waals surface area contributed by atoms with Crippen molar-refractivity contribution in [3.05, 3.63) is 51.2 Å². The van der Waals surface area contributed by atoms with Crippen LogP contribution in [-0.4, -0.2) is 6.36 Å². The Hall–Kier alpha value is -1.28. The maximum Gasteiger partial charge on any atom is 0.573 e. The molecule has 0 aliphatic rings. The van der Waals surface area contributed by atoms with Gasteiger partial charge in [0.2, 0.25) is 0 Å². The van der Waals surface area contributed by atoms with E-state index in [1.165, 1.54) is 29.5 Å². The Morgan fingerprint density at radius 2 is 1.95 bits per heavy atom. The fourth-order valence-electron chi connectivity index (χ4n) is 1.75. The Balaban J connectivity index is 2.43. The molecule has 2 aromatic rings. The number of ether oxygens (including phenoxy) is 1. The summed E-state index contributed by atoms with van der Waals surface area (Å²) >= 11 is 7.29. The fraction of sp³-hybridized carbons (Fsp3) is 0.167. The second kappa shape index (κ2) is 6.01. The fourth-order valence-corrected chi connectivity index (χ4v) is 3.00. The lowest BCUT2D eigenvalue weighted by atomic mass is 10.0. The standard InChI is InChI=1S/C12H10ClF3N2OS/c13-8-5-6-20-11(8)10(18-17)7-3-1-2-4-9(7)19-12(14,15)16/h1-6,10,18H,17H2. The lowest BCUT2D eigenvalue weighted by Gasteiger charge is -2.20. The average molecular weight is 323 g/mol. The molecule has 1 unspecified atom stereocenters. The van der Waals surface area contributed by atoms with Gasteiger partial charge in [-0.1, -0.05) is 29.8 Å². The molecule has 1 atom stereocenters. The first-order chi connectivity index (χ1) is 9.42. The van der Waals surface area contributed by atoms with Gasteiger partial charge in [-0.15, -0.1) is 24.5 Å². The summed E-state index contributed by atoms with van der Waals surface area (Å²) in [6.07, 6.45) is -4.77. The normalized spacial score (nSPS) is 13.2. The van der Waals surface area contributed by atoms with Crippen molar-refractivity contribution in [2.45, 2.75) is 12.4 Å². The van der Waals surface area contributed by atoms with Crippen molar-refractivity contribution in [3.63, 3.8) is 0 Å². The van der Waals surface area contributed by atoms with E-state index in [1.54, 1.807) is 17.5 Å². The van der Waals surface area contributed by atoms with E-state index in [0.717, 1.165) is 0 Å². The van der Waals surface area contributed by atoms with Gasteiger partial charge < -0.3 is 4.74 Å². The van der Waals surface area contributed by atoms with Crippen LogP contribution in [0, 0.1) is 0 Å². The van der Waals surface area contributed by atoms with Gasteiger partial charge in [-0.3, -0.25) is 5.84 Å². The summed E-state index contributed by atoms with van der Waals surface area (Å²) in [4.78, 5) is 0.618. The maximum absolute atomic E-state index is 12.4. The van der Waals surface area contributed by atoms with Gasteiger partial charge in [-0.2, -0.15) is 0 Å². The van der Waals surface area contributed by atoms with Crippen LogP contribution in [0.2, 0.25) is 5.02 Å². The highest BCUT2D eigenvalue weighted by molar-refractivity contribution is 7.10. The molecule has 0 bridgehead atoms. The summed E-state index contributed by atoms with van der Waals surface area (Å²) in [5, 5.41) is 2.16. The van der Waals surface area contributed by atoms with E-state index in [2.05, 4.69) is 10.2 Å². The molecule has 0 radical (unpaired) electrons. The van der Waals surface area contributed by atoms with Crippen molar-refractivity contribution >= 4 is 22.9 Å². The topological polar surface area (TPSA) is 47.3 Å². The summed E-state index contributed by atoms with van der Waals surface area (Å²) in [5.41, 5.74) is 2.73. The van der Waals surface area contributed by atoms with Crippen LogP contribution in [0.15, 0.2) is 35.7 Å². The molecule has 1 aromatic carbocycles. The molecule has 0 amide bonds. The smallest absolute Gasteiger partial charge is 0.405 e. The summed E-state index contributed by atoms with van der Waals surface area (Å²) in [5.74, 6) is 5.15. The molecule has 0 aliphatic heterocycles. The van der Waals surface area contributed by atoms with Gasteiger partial charge in [0.05, 0.1) is 11.1 Å². The molecule has 0 fully saturated rings. The minimum absolute atomic E-state index is 0.261. The second-order valence-electron chi connectivity index (χ2n) is 3.82. The Bertz CT molecular complexity index is 588. The van der Waals surface area contributed by atoms with Crippen molar-refractivity contribution < 1.29 is 17.9 Å². The molecule has 3 nitrogen and oxygen atoms in total. The SMILES string of the molecule is NNC(c1ccccc1OC(F)(F)F)c1sccc1Cl. The van der Waals surface area contributed by atoms with Gasteiger partial charge in [-0.05, 0) is 17.5 Å². The van der Waals surface area contributed by atoms with Gasteiger partial charge in [-0.25, -0.2) is 5.43 Å². The quantitative estimate of drug-likeness (QED) is 0.664. The van der Waals surface area contributed by atoms with Crippen LogP contribution >= 0.6 is 22.9 Å². The minimum atomic E-state index is -4.77. The zero-order chi connectivity index (χ0) is 14.8. The molecule has 0 saturated carbocycles. The Labute approximate surface area is 122 Å². The van der Waals surface area contributed by atoms with Gasteiger partial charge in [0.15, 0.2) is 0 Å². The zero-order valence-corrected chi connectivity index (χ0v) is 11.5. The van der Waals surface area contributed by atoms with Crippen LogP contribution in [-0.2, 0) is 0 Å². The molecular weight excluding hydrogens is 313 g/mol. The molecule has 0 aliphatic carbocycles.